The van der Waals surface area contributed by atoms with Gasteiger partial charge in [0.15, 0.2) is 0 Å². The van der Waals surface area contributed by atoms with Crippen molar-refractivity contribution < 1.29 is 18.7 Å². The lowest BCUT2D eigenvalue weighted by Crippen LogP contribution is -2.40. The van der Waals surface area contributed by atoms with Gasteiger partial charge in [-0.05, 0) is 44.0 Å². The van der Waals surface area contributed by atoms with Crippen molar-refractivity contribution in [2.45, 2.75) is 32.4 Å². The quantitative estimate of drug-likeness (QED) is 0.900. The molecule has 24 heavy (non-hydrogen) atoms. The van der Waals surface area contributed by atoms with Gasteiger partial charge in [-0.25, -0.2) is 9.37 Å². The minimum atomic E-state index is -0.307. The van der Waals surface area contributed by atoms with Crippen LogP contribution in [0, 0.1) is 12.7 Å². The second-order valence-electron chi connectivity index (χ2n) is 5.65. The summed E-state index contributed by atoms with van der Waals surface area (Å²) < 4.78 is 23.8. The topological polar surface area (TPSA) is 60.5 Å². The van der Waals surface area contributed by atoms with Gasteiger partial charge in [-0.1, -0.05) is 0 Å². The van der Waals surface area contributed by atoms with Gasteiger partial charge in [-0.3, -0.25) is 4.79 Å². The molecular formula is C17H19FN2O3S. The van der Waals surface area contributed by atoms with E-state index in [1.54, 1.807) is 12.1 Å². The first-order valence-electron chi connectivity index (χ1n) is 7.85. The van der Waals surface area contributed by atoms with Gasteiger partial charge in [-0.15, -0.1) is 11.3 Å². The monoisotopic (exact) mass is 350 g/mol. The van der Waals surface area contributed by atoms with Crippen LogP contribution in [0.4, 0.5) is 4.39 Å². The summed E-state index contributed by atoms with van der Waals surface area (Å²) in [4.78, 5) is 17.4. The second-order valence-corrected chi connectivity index (χ2v) is 6.74. The van der Waals surface area contributed by atoms with Crippen LogP contribution in [0.3, 0.4) is 0 Å². The summed E-state index contributed by atoms with van der Waals surface area (Å²) in [6.45, 7) is 3.38. The van der Waals surface area contributed by atoms with E-state index in [0.717, 1.165) is 19.4 Å². The molecule has 0 aliphatic carbocycles. The molecule has 1 aliphatic rings. The highest BCUT2D eigenvalue weighted by Crippen LogP contribution is 2.21. The van der Waals surface area contributed by atoms with Gasteiger partial charge < -0.3 is 14.8 Å². The van der Waals surface area contributed by atoms with Gasteiger partial charge in [0.2, 0.25) is 0 Å². The number of carbonyl (C=O) groups excluding carboxylic acids is 1. The van der Waals surface area contributed by atoms with E-state index < -0.39 is 0 Å². The Morgan fingerprint density at radius 2 is 2.25 bits per heavy atom. The molecule has 1 aliphatic heterocycles. The number of rotatable bonds is 5. The van der Waals surface area contributed by atoms with Crippen LogP contribution in [0.5, 0.6) is 5.75 Å². The molecule has 1 aromatic carbocycles. The Hall–Kier alpha value is -1.99. The van der Waals surface area contributed by atoms with Crippen molar-refractivity contribution in [3.63, 3.8) is 0 Å². The number of aromatic nitrogens is 1. The molecule has 5 nitrogen and oxygen atoms in total. The zero-order chi connectivity index (χ0) is 16.9. The molecule has 1 atom stereocenters. The van der Waals surface area contributed by atoms with Crippen LogP contribution in [0.1, 0.15) is 33.2 Å². The van der Waals surface area contributed by atoms with E-state index in [-0.39, 0.29) is 24.4 Å². The highest BCUT2D eigenvalue weighted by Gasteiger charge is 2.21. The first-order chi connectivity index (χ1) is 11.6. The average molecular weight is 350 g/mol. The van der Waals surface area contributed by atoms with Crippen molar-refractivity contribution in [1.29, 1.82) is 0 Å². The zero-order valence-corrected chi connectivity index (χ0v) is 14.2. The maximum atomic E-state index is 12.9. The van der Waals surface area contributed by atoms with E-state index in [1.807, 2.05) is 6.92 Å². The van der Waals surface area contributed by atoms with E-state index >= 15 is 0 Å². The Morgan fingerprint density at radius 3 is 2.96 bits per heavy atom. The lowest BCUT2D eigenvalue weighted by molar-refractivity contribution is 0.0625. The lowest BCUT2D eigenvalue weighted by Gasteiger charge is -2.22. The molecule has 1 fully saturated rings. The first-order valence-corrected chi connectivity index (χ1v) is 8.67. The van der Waals surface area contributed by atoms with Crippen molar-refractivity contribution in [2.24, 2.45) is 0 Å². The van der Waals surface area contributed by atoms with Gasteiger partial charge in [0, 0.05) is 6.61 Å². The fourth-order valence-corrected chi connectivity index (χ4v) is 3.39. The Kier molecular flexibility index (Phi) is 5.42. The summed E-state index contributed by atoms with van der Waals surface area (Å²) in [5, 5.41) is 3.70. The van der Waals surface area contributed by atoms with E-state index in [2.05, 4.69) is 10.3 Å². The number of amides is 1. The van der Waals surface area contributed by atoms with Crippen LogP contribution in [0.25, 0.3) is 0 Å². The van der Waals surface area contributed by atoms with Crippen LogP contribution < -0.4 is 10.1 Å². The summed E-state index contributed by atoms with van der Waals surface area (Å²) in [5.74, 6) is 0.140. The number of ether oxygens (including phenoxy) is 2. The molecule has 7 heteroatoms. The summed E-state index contributed by atoms with van der Waals surface area (Å²) in [6, 6.07) is 5.87. The van der Waals surface area contributed by atoms with Gasteiger partial charge >= 0.3 is 0 Å². The van der Waals surface area contributed by atoms with Gasteiger partial charge in [0.25, 0.3) is 5.91 Å². The molecule has 0 spiro atoms. The van der Waals surface area contributed by atoms with Crippen molar-refractivity contribution >= 4 is 17.2 Å². The zero-order valence-electron chi connectivity index (χ0n) is 13.4. The Morgan fingerprint density at radius 1 is 1.46 bits per heavy atom. The van der Waals surface area contributed by atoms with E-state index in [0.29, 0.717) is 27.9 Å². The number of thiazole rings is 1. The van der Waals surface area contributed by atoms with E-state index in [4.69, 9.17) is 9.47 Å². The summed E-state index contributed by atoms with van der Waals surface area (Å²) in [7, 11) is 0. The number of carbonyl (C=O) groups is 1. The Labute approximate surface area is 143 Å². The predicted molar refractivity (Wildman–Crippen MR) is 88.9 cm³/mol. The minimum absolute atomic E-state index is 0.0617. The molecule has 2 heterocycles. The van der Waals surface area contributed by atoms with Crippen molar-refractivity contribution in [2.75, 3.05) is 13.2 Å². The third-order valence-electron chi connectivity index (χ3n) is 3.72. The molecule has 2 aromatic rings. The summed E-state index contributed by atoms with van der Waals surface area (Å²) >= 11 is 1.32. The molecule has 0 bridgehead atoms. The molecule has 1 saturated heterocycles. The third-order valence-corrected chi connectivity index (χ3v) is 4.85. The van der Waals surface area contributed by atoms with Crippen LogP contribution >= 0.6 is 11.3 Å². The number of nitrogens with one attached hydrogen (secondary N) is 1. The van der Waals surface area contributed by atoms with Crippen molar-refractivity contribution in [1.82, 2.24) is 10.3 Å². The van der Waals surface area contributed by atoms with Crippen molar-refractivity contribution in [3.8, 4) is 5.75 Å². The lowest BCUT2D eigenvalue weighted by atomic mass is 10.1. The maximum absolute atomic E-state index is 12.9. The maximum Gasteiger partial charge on any atom is 0.263 e. The summed E-state index contributed by atoms with van der Waals surface area (Å²) in [6.07, 6.45) is 1.90. The van der Waals surface area contributed by atoms with Gasteiger partial charge in [-0.2, -0.15) is 0 Å². The van der Waals surface area contributed by atoms with Crippen LogP contribution in [-0.4, -0.2) is 30.1 Å². The van der Waals surface area contributed by atoms with Crippen molar-refractivity contribution in [3.05, 3.63) is 45.7 Å². The highest BCUT2D eigenvalue weighted by atomic mass is 32.1. The number of benzene rings is 1. The van der Waals surface area contributed by atoms with Gasteiger partial charge in [0.1, 0.15) is 28.1 Å². The molecule has 128 valence electrons. The van der Waals surface area contributed by atoms with Gasteiger partial charge in [0.05, 0.1) is 18.3 Å². The van der Waals surface area contributed by atoms with Crippen LogP contribution in [0.2, 0.25) is 0 Å². The molecule has 1 aromatic heterocycles. The minimum Gasteiger partial charge on any atom is -0.486 e. The largest absolute Gasteiger partial charge is 0.486 e. The normalized spacial score (nSPS) is 17.5. The molecule has 1 N–H and O–H groups in total. The van der Waals surface area contributed by atoms with E-state index in [9.17, 15) is 9.18 Å². The van der Waals surface area contributed by atoms with Crippen LogP contribution in [-0.2, 0) is 11.3 Å². The molecule has 0 radical (unpaired) electrons. The number of halogens is 1. The molecule has 0 saturated carbocycles. The summed E-state index contributed by atoms with van der Waals surface area (Å²) in [5.41, 5.74) is 0.687. The number of hydrogen-bond acceptors (Lipinski definition) is 5. The smallest absolute Gasteiger partial charge is 0.263 e. The highest BCUT2D eigenvalue weighted by molar-refractivity contribution is 7.13. The SMILES string of the molecule is Cc1nc(COc2ccc(F)cc2)sc1C(=O)NC1CCCOC1. The molecule has 1 amide bonds. The standard InChI is InChI=1S/C17H19FN2O3S/c1-11-16(17(21)20-13-3-2-8-22-9-13)24-15(19-11)10-23-14-6-4-12(18)5-7-14/h4-7,13H,2-3,8-10H2,1H3,(H,20,21). The number of nitrogens with zero attached hydrogens (tertiary/aromatic N) is 1. The Bertz CT molecular complexity index is 696. The first kappa shape index (κ1) is 16.9. The number of hydrogen-bond donors (Lipinski definition) is 1. The average Bonchev–Trinajstić information content (AvgIpc) is 2.96. The Balaban J connectivity index is 1.59. The van der Waals surface area contributed by atoms with Crippen LogP contribution in [0.15, 0.2) is 24.3 Å². The fourth-order valence-electron chi connectivity index (χ4n) is 2.51. The van der Waals surface area contributed by atoms with E-state index in [1.165, 1.54) is 23.5 Å². The fraction of sp³-hybridized carbons (Fsp3) is 0.412. The molecule has 1 unspecified atom stereocenters. The third kappa shape index (κ3) is 4.30. The predicted octanol–water partition coefficient (Wildman–Crippen LogP) is 3.08. The molecule has 3 rings (SSSR count). The number of aryl methyl sites for hydroxylation is 1. The molecular weight excluding hydrogens is 331 g/mol. The second kappa shape index (κ2) is 7.72.